The van der Waals surface area contributed by atoms with E-state index < -0.39 is 35.4 Å². The number of β-amino-alcohol motifs (C(OH)–C–C–N with tert-alkyl or cyclic N) is 1. The van der Waals surface area contributed by atoms with Crippen molar-refractivity contribution >= 4 is 35.1 Å². The molecule has 3 aromatic rings. The summed E-state index contributed by atoms with van der Waals surface area (Å²) in [7, 11) is 0. The Morgan fingerprint density at radius 3 is 2.14 bits per heavy atom. The predicted octanol–water partition coefficient (Wildman–Crippen LogP) is 7.51. The Morgan fingerprint density at radius 1 is 0.889 bits per heavy atom. The Bertz CT molecular complexity index is 2170. The van der Waals surface area contributed by atoms with E-state index >= 15 is 0 Å². The summed E-state index contributed by atoms with van der Waals surface area (Å²) in [6, 6.07) is 22.1. The number of nitrogens with one attached hydrogen (secondary N) is 2. The monoisotopic (exact) mass is 879 g/mol. The number of likely N-dealkylation sites (tertiary alicyclic amines) is 1. The van der Waals surface area contributed by atoms with Crippen molar-refractivity contribution in [1.82, 2.24) is 15.5 Å². The van der Waals surface area contributed by atoms with E-state index in [1.54, 1.807) is 42.5 Å². The lowest BCUT2D eigenvalue weighted by atomic mass is 9.49. The summed E-state index contributed by atoms with van der Waals surface area (Å²) in [6.45, 7) is 14.0. The lowest BCUT2D eigenvalue weighted by Gasteiger charge is -2.63. The summed E-state index contributed by atoms with van der Waals surface area (Å²) in [5, 5.41) is 35.2. The van der Waals surface area contributed by atoms with Crippen LogP contribution in [0.25, 0.3) is 0 Å². The van der Waals surface area contributed by atoms with Crippen LogP contribution in [0.4, 0.5) is 0 Å². The average molecular weight is 881 g/mol. The summed E-state index contributed by atoms with van der Waals surface area (Å²) >= 11 is 6.23. The highest BCUT2D eigenvalue weighted by molar-refractivity contribution is 6.31. The fourth-order valence-corrected chi connectivity index (χ4v) is 9.46. The lowest BCUT2D eigenvalue weighted by molar-refractivity contribution is -0.164. The van der Waals surface area contributed by atoms with Crippen LogP contribution in [0, 0.1) is 38.9 Å². The largest absolute Gasteiger partial charge is 0.489 e. The standard InChI is InChI=1S/C50H62ClN5O7/c1-48(2,3)43(45(61)56-30-37(57)26-40(56)41(58)24-19-33-13-15-34(28-52)16-14-33)54-42(59)31-62-25-11-9-8-10-12-32-17-20-35(21-18-32)44(60)55-46-49(4,5)47(50(46,6)7)63-38-23-22-36(29-53)39(51)27-38/h13-18,20-23,27,37,40,43,46-47,57H,8-12,19,24-26,30-31H2,1-7H3,(H,54,59)(H,55,60)/t37-,40+,43-,46?,47?/m1/s1. The van der Waals surface area contributed by atoms with Gasteiger partial charge in [-0.3, -0.25) is 19.2 Å². The van der Waals surface area contributed by atoms with Crippen LogP contribution in [-0.2, 0) is 32.0 Å². The minimum absolute atomic E-state index is 0.0173. The fraction of sp³-hybridized carbons (Fsp3) is 0.520. The number of rotatable bonds is 19. The van der Waals surface area contributed by atoms with Crippen molar-refractivity contribution in [3.8, 4) is 17.9 Å². The Labute approximate surface area is 377 Å². The van der Waals surface area contributed by atoms with Crippen molar-refractivity contribution in [1.29, 1.82) is 10.5 Å². The Hall–Kier alpha value is -5.27. The molecule has 0 unspecified atom stereocenters. The molecule has 0 bridgehead atoms. The molecule has 0 radical (unpaired) electrons. The van der Waals surface area contributed by atoms with Crippen molar-refractivity contribution in [2.45, 2.75) is 130 Å². The topological polar surface area (TPSA) is 182 Å². The predicted molar refractivity (Wildman–Crippen MR) is 241 cm³/mol. The van der Waals surface area contributed by atoms with Gasteiger partial charge in [-0.05, 0) is 78.6 Å². The Balaban J connectivity index is 0.991. The van der Waals surface area contributed by atoms with Gasteiger partial charge < -0.3 is 30.1 Å². The van der Waals surface area contributed by atoms with Crippen LogP contribution in [0.2, 0.25) is 5.02 Å². The van der Waals surface area contributed by atoms with E-state index in [1.165, 1.54) is 4.90 Å². The highest BCUT2D eigenvalue weighted by Gasteiger charge is 2.64. The first-order valence-corrected chi connectivity index (χ1v) is 22.3. The second-order valence-corrected chi connectivity index (χ2v) is 19.7. The van der Waals surface area contributed by atoms with Crippen LogP contribution < -0.4 is 15.4 Å². The van der Waals surface area contributed by atoms with Crippen molar-refractivity contribution < 1.29 is 33.8 Å². The van der Waals surface area contributed by atoms with E-state index in [4.69, 9.17) is 26.3 Å². The summed E-state index contributed by atoms with van der Waals surface area (Å²) in [5.74, 6) is -0.536. The highest BCUT2D eigenvalue weighted by Crippen LogP contribution is 2.55. The molecule has 3 amide bonds. The van der Waals surface area contributed by atoms with Crippen molar-refractivity contribution in [2.24, 2.45) is 16.2 Å². The Kier molecular flexibility index (Phi) is 16.2. The van der Waals surface area contributed by atoms with Crippen LogP contribution in [0.5, 0.6) is 5.75 Å². The number of aliphatic hydroxyl groups is 1. The highest BCUT2D eigenvalue weighted by atomic mass is 35.5. The van der Waals surface area contributed by atoms with Crippen LogP contribution in [0.1, 0.15) is 120 Å². The Morgan fingerprint density at radius 2 is 1.52 bits per heavy atom. The molecule has 5 rings (SSSR count). The number of amides is 3. The minimum Gasteiger partial charge on any atom is -0.489 e. The fourth-order valence-electron chi connectivity index (χ4n) is 9.24. The number of nitriles is 2. The zero-order chi connectivity index (χ0) is 46.1. The minimum atomic E-state index is -0.922. The van der Waals surface area contributed by atoms with Crippen molar-refractivity contribution in [3.63, 3.8) is 0 Å². The van der Waals surface area contributed by atoms with Gasteiger partial charge in [0, 0.05) is 54.5 Å². The zero-order valence-electron chi connectivity index (χ0n) is 37.6. The molecule has 1 aliphatic carbocycles. The lowest BCUT2D eigenvalue weighted by Crippen LogP contribution is -2.74. The number of carbonyl (C=O) groups is 4. The number of hydrogen-bond donors (Lipinski definition) is 3. The van der Waals surface area contributed by atoms with Crippen LogP contribution in [0.3, 0.4) is 0 Å². The number of ether oxygens (including phenoxy) is 2. The van der Waals surface area contributed by atoms with E-state index in [1.807, 2.05) is 45.0 Å². The van der Waals surface area contributed by atoms with Gasteiger partial charge in [-0.2, -0.15) is 10.5 Å². The molecule has 1 saturated carbocycles. The number of carbonyl (C=O) groups excluding carboxylic acids is 4. The number of aliphatic hydroxyl groups excluding tert-OH is 1. The van der Waals surface area contributed by atoms with Crippen LogP contribution in [0.15, 0.2) is 66.7 Å². The number of halogens is 1. The molecule has 3 aromatic carbocycles. The molecule has 2 fully saturated rings. The number of hydrogen-bond acceptors (Lipinski definition) is 9. The summed E-state index contributed by atoms with van der Waals surface area (Å²) < 4.78 is 12.0. The maximum Gasteiger partial charge on any atom is 0.251 e. The molecule has 1 heterocycles. The molecule has 2 aliphatic rings. The third-order valence-electron chi connectivity index (χ3n) is 12.5. The normalized spacial score (nSPS) is 20.4. The molecule has 1 saturated heterocycles. The molecule has 3 N–H and O–H groups in total. The van der Waals surface area contributed by atoms with Crippen molar-refractivity contribution in [2.75, 3.05) is 19.8 Å². The molecule has 63 heavy (non-hydrogen) atoms. The first-order valence-electron chi connectivity index (χ1n) is 21.9. The maximum atomic E-state index is 13.9. The van der Waals surface area contributed by atoms with Gasteiger partial charge in [0.05, 0.1) is 34.4 Å². The summed E-state index contributed by atoms with van der Waals surface area (Å²) in [6.07, 6.45) is 4.23. The van der Waals surface area contributed by atoms with Gasteiger partial charge in [0.25, 0.3) is 5.91 Å². The SMILES string of the molecule is CC1(C)C(NC(=O)c2ccc(CCCCCCOCC(=O)N[C@H](C(=O)N3C[C@H](O)C[C@H]3C(=O)CCc3ccc(C#N)cc3)C(C)(C)C)cc2)C(C)(C)C1Oc1ccc(C#N)c(Cl)c1. The van der Waals surface area contributed by atoms with Crippen molar-refractivity contribution in [3.05, 3.63) is 99.6 Å². The van der Waals surface area contributed by atoms with Gasteiger partial charge >= 0.3 is 0 Å². The first kappa shape index (κ1) is 48.8. The molecule has 3 atom stereocenters. The maximum absolute atomic E-state index is 13.9. The molecule has 1 aliphatic heterocycles. The number of Topliss-reactive ketones (excluding diaryl/α,β-unsaturated/α-hetero) is 1. The van der Waals surface area contributed by atoms with Crippen LogP contribution in [-0.4, -0.2) is 83.6 Å². The van der Waals surface area contributed by atoms with E-state index in [9.17, 15) is 29.5 Å². The zero-order valence-corrected chi connectivity index (χ0v) is 38.4. The summed E-state index contributed by atoms with van der Waals surface area (Å²) in [4.78, 5) is 55.0. The van der Waals surface area contributed by atoms with Gasteiger partial charge in [-0.15, -0.1) is 0 Å². The van der Waals surface area contributed by atoms with Gasteiger partial charge in [0.2, 0.25) is 11.8 Å². The van der Waals surface area contributed by atoms with Gasteiger partial charge in [0.15, 0.2) is 5.78 Å². The third kappa shape index (κ3) is 12.3. The second-order valence-electron chi connectivity index (χ2n) is 19.3. The number of unbranched alkanes of at least 4 members (excludes halogenated alkanes) is 3. The van der Waals surface area contributed by atoms with E-state index in [0.29, 0.717) is 40.5 Å². The number of aryl methyl sites for hydroxylation is 2. The smallest absolute Gasteiger partial charge is 0.251 e. The molecular formula is C50H62ClN5O7. The van der Waals surface area contributed by atoms with Crippen LogP contribution >= 0.6 is 11.6 Å². The average Bonchev–Trinajstić information content (AvgIpc) is 3.65. The van der Waals surface area contributed by atoms with Gasteiger partial charge in [0.1, 0.15) is 30.6 Å². The second kappa shape index (κ2) is 20.9. The first-order chi connectivity index (χ1) is 29.8. The molecule has 336 valence electrons. The third-order valence-corrected chi connectivity index (χ3v) is 12.8. The van der Waals surface area contributed by atoms with E-state index in [0.717, 1.165) is 43.2 Å². The molecule has 13 heteroatoms. The summed E-state index contributed by atoms with van der Waals surface area (Å²) in [5.41, 5.74) is 2.16. The number of ketones is 1. The van der Waals surface area contributed by atoms with Gasteiger partial charge in [-0.25, -0.2) is 0 Å². The molecule has 0 aromatic heterocycles. The molecule has 0 spiro atoms. The number of nitrogens with zero attached hydrogens (tertiary/aromatic N) is 3. The van der Waals surface area contributed by atoms with E-state index in [2.05, 4.69) is 50.5 Å². The quantitative estimate of drug-likeness (QED) is 0.103. The van der Waals surface area contributed by atoms with E-state index in [-0.39, 0.29) is 60.7 Å². The number of benzene rings is 3. The molecular weight excluding hydrogens is 818 g/mol. The molecule has 12 nitrogen and oxygen atoms in total. The van der Waals surface area contributed by atoms with Gasteiger partial charge in [-0.1, -0.05) is 97.2 Å².